The predicted molar refractivity (Wildman–Crippen MR) is 95.4 cm³/mol. The van der Waals surface area contributed by atoms with Crippen molar-refractivity contribution >= 4 is 5.91 Å². The molecule has 0 unspecified atom stereocenters. The van der Waals surface area contributed by atoms with Gasteiger partial charge in [0, 0.05) is 18.7 Å². The largest absolute Gasteiger partial charge is 0.497 e. The van der Waals surface area contributed by atoms with Gasteiger partial charge in [-0.2, -0.15) is 0 Å². The summed E-state index contributed by atoms with van der Waals surface area (Å²) in [5.41, 5.74) is 1.50. The van der Waals surface area contributed by atoms with E-state index in [1.807, 2.05) is 0 Å². The second-order valence-corrected chi connectivity index (χ2v) is 5.47. The second-order valence-electron chi connectivity index (χ2n) is 5.47. The molecule has 0 bridgehead atoms. The number of aliphatic hydroxyl groups is 1. The van der Waals surface area contributed by atoms with Gasteiger partial charge in [-0.25, -0.2) is 0 Å². The number of methoxy groups -OCH3 is 1. The number of hydrogen-bond donors (Lipinski definition) is 1. The topological polar surface area (TPSA) is 75.8 Å². The van der Waals surface area contributed by atoms with Gasteiger partial charge < -0.3 is 19.3 Å². The van der Waals surface area contributed by atoms with Crippen LogP contribution in [-0.4, -0.2) is 41.3 Å². The third kappa shape index (κ3) is 3.97. The average molecular weight is 342 g/mol. The number of benzene rings is 1. The standard InChI is InChI=1S/C19H22N2O4/c1-5-11-21(12-6-2)19(23)18-16(13(3)22)17(20-25-18)14-7-9-15(24-4)10-8-14/h5-10,13,22H,1-2,11-12H2,3-4H3/t13-/m0/s1. The Morgan fingerprint density at radius 3 is 2.40 bits per heavy atom. The summed E-state index contributed by atoms with van der Waals surface area (Å²) >= 11 is 0. The SMILES string of the molecule is C=CCN(CC=C)C(=O)c1onc(-c2ccc(OC)cc2)c1[C@H](C)O. The van der Waals surface area contributed by atoms with Crippen LogP contribution in [0.5, 0.6) is 5.75 Å². The highest BCUT2D eigenvalue weighted by Crippen LogP contribution is 2.32. The summed E-state index contributed by atoms with van der Waals surface area (Å²) in [7, 11) is 1.58. The van der Waals surface area contributed by atoms with Crippen LogP contribution in [0.15, 0.2) is 54.1 Å². The first-order valence-corrected chi connectivity index (χ1v) is 7.86. The Kier molecular flexibility index (Phi) is 6.14. The Morgan fingerprint density at radius 1 is 1.32 bits per heavy atom. The van der Waals surface area contributed by atoms with Gasteiger partial charge in [0.05, 0.1) is 18.8 Å². The molecule has 0 aliphatic rings. The van der Waals surface area contributed by atoms with Crippen LogP contribution in [0.25, 0.3) is 11.3 Å². The normalized spacial score (nSPS) is 11.6. The summed E-state index contributed by atoms with van der Waals surface area (Å²) < 4.78 is 10.4. The zero-order valence-electron chi connectivity index (χ0n) is 14.4. The first kappa shape index (κ1) is 18.5. The number of aromatic nitrogens is 1. The average Bonchev–Trinajstić information content (AvgIpc) is 3.06. The first-order chi connectivity index (χ1) is 12.0. The summed E-state index contributed by atoms with van der Waals surface area (Å²) in [6.45, 7) is 9.54. The molecule has 0 saturated carbocycles. The molecule has 0 aliphatic heterocycles. The van der Waals surface area contributed by atoms with Crippen LogP contribution in [0.2, 0.25) is 0 Å². The smallest absolute Gasteiger partial charge is 0.293 e. The third-order valence-electron chi connectivity index (χ3n) is 3.69. The summed E-state index contributed by atoms with van der Waals surface area (Å²) in [4.78, 5) is 14.3. The Balaban J connectivity index is 2.46. The highest BCUT2D eigenvalue weighted by molar-refractivity contribution is 5.95. The number of rotatable bonds is 8. The molecule has 0 saturated heterocycles. The third-order valence-corrected chi connectivity index (χ3v) is 3.69. The van der Waals surface area contributed by atoms with Crippen molar-refractivity contribution in [2.24, 2.45) is 0 Å². The molecule has 1 aromatic heterocycles. The van der Waals surface area contributed by atoms with Gasteiger partial charge in [0.2, 0.25) is 5.76 Å². The van der Waals surface area contributed by atoms with E-state index in [-0.39, 0.29) is 11.7 Å². The fourth-order valence-corrected chi connectivity index (χ4v) is 2.49. The van der Waals surface area contributed by atoms with Crippen molar-refractivity contribution < 1.29 is 19.2 Å². The zero-order valence-corrected chi connectivity index (χ0v) is 14.4. The van der Waals surface area contributed by atoms with E-state index in [9.17, 15) is 9.90 Å². The number of amides is 1. The molecular formula is C19H22N2O4. The maximum atomic E-state index is 12.8. The van der Waals surface area contributed by atoms with Gasteiger partial charge in [0.15, 0.2) is 0 Å². The van der Waals surface area contributed by atoms with Gasteiger partial charge in [-0.15, -0.1) is 13.2 Å². The molecule has 132 valence electrons. The Morgan fingerprint density at radius 2 is 1.92 bits per heavy atom. The summed E-state index contributed by atoms with van der Waals surface area (Å²) in [5, 5.41) is 14.2. The molecule has 6 nitrogen and oxygen atoms in total. The Labute approximate surface area is 147 Å². The maximum absolute atomic E-state index is 12.8. The van der Waals surface area contributed by atoms with Gasteiger partial charge in [-0.1, -0.05) is 17.3 Å². The van der Waals surface area contributed by atoms with Crippen LogP contribution < -0.4 is 4.74 Å². The lowest BCUT2D eigenvalue weighted by molar-refractivity contribution is 0.0741. The number of aliphatic hydroxyl groups excluding tert-OH is 1. The van der Waals surface area contributed by atoms with Crippen molar-refractivity contribution in [3.63, 3.8) is 0 Å². The van der Waals surface area contributed by atoms with Crippen LogP contribution in [0, 0.1) is 0 Å². The molecule has 25 heavy (non-hydrogen) atoms. The van der Waals surface area contributed by atoms with E-state index in [0.29, 0.717) is 30.1 Å². The molecule has 2 aromatic rings. The molecule has 1 amide bonds. The van der Waals surface area contributed by atoms with Gasteiger partial charge in [-0.3, -0.25) is 4.79 Å². The molecule has 0 fully saturated rings. The first-order valence-electron chi connectivity index (χ1n) is 7.86. The quantitative estimate of drug-likeness (QED) is 0.746. The van der Waals surface area contributed by atoms with Crippen molar-refractivity contribution in [1.29, 1.82) is 0 Å². The van der Waals surface area contributed by atoms with Crippen LogP contribution >= 0.6 is 0 Å². The van der Waals surface area contributed by atoms with E-state index in [1.54, 1.807) is 50.5 Å². The fraction of sp³-hybridized carbons (Fsp3) is 0.263. The zero-order chi connectivity index (χ0) is 18.4. The predicted octanol–water partition coefficient (Wildman–Crippen LogP) is 3.22. The van der Waals surface area contributed by atoms with E-state index in [2.05, 4.69) is 18.3 Å². The molecule has 0 radical (unpaired) electrons. The minimum Gasteiger partial charge on any atom is -0.497 e. The summed E-state index contributed by atoms with van der Waals surface area (Å²) in [6, 6.07) is 7.14. The van der Waals surface area contributed by atoms with E-state index in [0.717, 1.165) is 5.56 Å². The van der Waals surface area contributed by atoms with Crippen LogP contribution in [0.1, 0.15) is 29.1 Å². The Hall–Kier alpha value is -2.86. The van der Waals surface area contributed by atoms with Gasteiger partial charge in [-0.05, 0) is 31.2 Å². The number of nitrogens with zero attached hydrogens (tertiary/aromatic N) is 2. The lowest BCUT2D eigenvalue weighted by Crippen LogP contribution is -2.31. The molecule has 1 heterocycles. The second kappa shape index (κ2) is 8.30. The minimum atomic E-state index is -0.920. The molecule has 2 rings (SSSR count). The molecule has 1 aromatic carbocycles. The number of carbonyl (C=O) groups excluding carboxylic acids is 1. The number of ether oxygens (including phenoxy) is 1. The van der Waals surface area contributed by atoms with Gasteiger partial charge >= 0.3 is 0 Å². The van der Waals surface area contributed by atoms with Crippen molar-refractivity contribution in [2.75, 3.05) is 20.2 Å². The van der Waals surface area contributed by atoms with Crippen molar-refractivity contribution in [3.05, 3.63) is 60.9 Å². The fourth-order valence-electron chi connectivity index (χ4n) is 2.49. The summed E-state index contributed by atoms with van der Waals surface area (Å²) in [6.07, 6.45) is 2.31. The van der Waals surface area contributed by atoms with Gasteiger partial charge in [0.1, 0.15) is 11.4 Å². The van der Waals surface area contributed by atoms with E-state index < -0.39 is 6.10 Å². The summed E-state index contributed by atoms with van der Waals surface area (Å²) in [5.74, 6) is 0.345. The molecule has 0 aliphatic carbocycles. The number of hydrogen-bond acceptors (Lipinski definition) is 5. The van der Waals surface area contributed by atoms with Gasteiger partial charge in [0.25, 0.3) is 5.91 Å². The highest BCUT2D eigenvalue weighted by Gasteiger charge is 2.28. The molecule has 6 heteroatoms. The van der Waals surface area contributed by atoms with E-state index >= 15 is 0 Å². The van der Waals surface area contributed by atoms with Crippen LogP contribution in [-0.2, 0) is 0 Å². The van der Waals surface area contributed by atoms with Crippen molar-refractivity contribution in [3.8, 4) is 17.0 Å². The van der Waals surface area contributed by atoms with Crippen molar-refractivity contribution in [2.45, 2.75) is 13.0 Å². The van der Waals surface area contributed by atoms with E-state index in [1.165, 1.54) is 4.90 Å². The van der Waals surface area contributed by atoms with Crippen molar-refractivity contribution in [1.82, 2.24) is 10.1 Å². The molecule has 1 N–H and O–H groups in total. The van der Waals surface area contributed by atoms with Crippen LogP contribution in [0.3, 0.4) is 0 Å². The van der Waals surface area contributed by atoms with Crippen LogP contribution in [0.4, 0.5) is 0 Å². The molecule has 1 atom stereocenters. The minimum absolute atomic E-state index is 0.0181. The molecule has 0 spiro atoms. The number of carbonyl (C=O) groups is 1. The van der Waals surface area contributed by atoms with E-state index in [4.69, 9.17) is 9.26 Å². The molecular weight excluding hydrogens is 320 g/mol. The monoisotopic (exact) mass is 342 g/mol. The lowest BCUT2D eigenvalue weighted by atomic mass is 10.0. The maximum Gasteiger partial charge on any atom is 0.293 e. The Bertz CT molecular complexity index is 737. The highest BCUT2D eigenvalue weighted by atomic mass is 16.5. The lowest BCUT2D eigenvalue weighted by Gasteiger charge is -2.18.